The maximum atomic E-state index is 10.1. The van der Waals surface area contributed by atoms with Crippen LogP contribution in [0.5, 0.6) is 0 Å². The number of nitrogens with zero attached hydrogens (tertiary/aromatic N) is 2. The van der Waals surface area contributed by atoms with Crippen molar-refractivity contribution in [1.29, 1.82) is 0 Å². The monoisotopic (exact) mass is 240 g/mol. The summed E-state index contributed by atoms with van der Waals surface area (Å²) in [4.78, 5) is 8.02. The van der Waals surface area contributed by atoms with E-state index in [0.29, 0.717) is 0 Å². The molecule has 0 amide bonds. The first-order chi connectivity index (χ1) is 7.52. The lowest BCUT2D eigenvalue weighted by molar-refractivity contribution is 0.0814. The van der Waals surface area contributed by atoms with Crippen LogP contribution >= 0.6 is 11.3 Å². The van der Waals surface area contributed by atoms with Gasteiger partial charge in [0.2, 0.25) is 0 Å². The Balaban J connectivity index is 2.31. The molecule has 0 aliphatic carbocycles. The molecule has 1 saturated heterocycles. The number of aromatic nitrogens is 1. The number of aliphatic hydroxyl groups is 1. The summed E-state index contributed by atoms with van der Waals surface area (Å²) in [5, 5.41) is 11.2. The summed E-state index contributed by atoms with van der Waals surface area (Å²) in [7, 11) is 0. The zero-order chi connectivity index (χ0) is 11.8. The third kappa shape index (κ3) is 2.23. The molecule has 1 aromatic heterocycles. The Labute approximate surface area is 101 Å². The van der Waals surface area contributed by atoms with Gasteiger partial charge in [0.1, 0.15) is 0 Å². The molecule has 1 aromatic rings. The average molecular weight is 240 g/mol. The second-order valence-electron chi connectivity index (χ2n) is 4.88. The summed E-state index contributed by atoms with van der Waals surface area (Å²) >= 11 is 1.65. The Morgan fingerprint density at radius 3 is 2.44 bits per heavy atom. The summed E-state index contributed by atoms with van der Waals surface area (Å²) in [5.41, 5.74) is 0.292. The van der Waals surface area contributed by atoms with Gasteiger partial charge < -0.3 is 10.0 Å². The molecule has 4 heteroatoms. The van der Waals surface area contributed by atoms with Crippen molar-refractivity contribution in [3.05, 3.63) is 10.6 Å². The van der Waals surface area contributed by atoms with Crippen LogP contribution in [0.3, 0.4) is 0 Å². The highest BCUT2D eigenvalue weighted by Gasteiger charge is 2.26. The molecular formula is C12H20N2OS. The van der Waals surface area contributed by atoms with Gasteiger partial charge in [0.05, 0.1) is 16.2 Å². The Bertz CT molecular complexity index is 362. The maximum absolute atomic E-state index is 10.1. The number of rotatable bonds is 3. The fourth-order valence-corrected chi connectivity index (χ4v) is 3.31. The van der Waals surface area contributed by atoms with E-state index in [-0.39, 0.29) is 0 Å². The van der Waals surface area contributed by atoms with Crippen LogP contribution in [-0.2, 0) is 12.0 Å². The van der Waals surface area contributed by atoms with Crippen LogP contribution in [0, 0.1) is 0 Å². The first kappa shape index (κ1) is 11.9. The van der Waals surface area contributed by atoms with Crippen LogP contribution in [0.2, 0.25) is 0 Å². The van der Waals surface area contributed by atoms with Gasteiger partial charge in [-0.05, 0) is 33.1 Å². The molecule has 1 aliphatic heterocycles. The van der Waals surface area contributed by atoms with E-state index in [2.05, 4.69) is 16.8 Å². The van der Waals surface area contributed by atoms with Crippen molar-refractivity contribution < 1.29 is 5.11 Å². The molecule has 0 saturated carbocycles. The number of aryl methyl sites for hydroxylation is 1. The molecule has 0 bridgehead atoms. The maximum Gasteiger partial charge on any atom is 0.185 e. The van der Waals surface area contributed by atoms with Gasteiger partial charge >= 0.3 is 0 Å². The van der Waals surface area contributed by atoms with Crippen LogP contribution in [0.4, 0.5) is 5.13 Å². The van der Waals surface area contributed by atoms with Gasteiger partial charge in [0.25, 0.3) is 0 Å². The topological polar surface area (TPSA) is 36.4 Å². The van der Waals surface area contributed by atoms with Gasteiger partial charge in [0, 0.05) is 13.1 Å². The van der Waals surface area contributed by atoms with Crippen molar-refractivity contribution in [1.82, 2.24) is 4.98 Å². The summed E-state index contributed by atoms with van der Waals surface area (Å²) in [6.45, 7) is 8.00. The van der Waals surface area contributed by atoms with E-state index >= 15 is 0 Å². The molecular weight excluding hydrogens is 220 g/mol. The van der Waals surface area contributed by atoms with Gasteiger partial charge in [0.15, 0.2) is 5.13 Å². The second kappa shape index (κ2) is 4.34. The normalized spacial score (nSPS) is 17.1. The number of anilines is 1. The van der Waals surface area contributed by atoms with Crippen LogP contribution in [0.25, 0.3) is 0 Å². The van der Waals surface area contributed by atoms with Gasteiger partial charge in [-0.3, -0.25) is 0 Å². The standard InChI is InChI=1S/C12H20N2OS/c1-4-9-10(12(2,3)15)16-11(13-9)14-7-5-6-8-14/h15H,4-8H2,1-3H3. The largest absolute Gasteiger partial charge is 0.385 e. The van der Waals surface area contributed by atoms with Gasteiger partial charge in [-0.1, -0.05) is 18.3 Å². The lowest BCUT2D eigenvalue weighted by Crippen LogP contribution is -2.17. The van der Waals surface area contributed by atoms with E-state index in [1.54, 1.807) is 11.3 Å². The van der Waals surface area contributed by atoms with Crippen molar-refractivity contribution in [2.45, 2.75) is 45.6 Å². The molecule has 0 spiro atoms. The molecule has 1 aliphatic rings. The molecule has 0 atom stereocenters. The molecule has 0 unspecified atom stereocenters. The average Bonchev–Trinajstić information content (AvgIpc) is 2.85. The lowest BCUT2D eigenvalue weighted by atomic mass is 10.1. The van der Waals surface area contributed by atoms with E-state index in [9.17, 15) is 5.11 Å². The molecule has 2 heterocycles. The number of thiazole rings is 1. The lowest BCUT2D eigenvalue weighted by Gasteiger charge is -2.16. The molecule has 2 rings (SSSR count). The third-order valence-electron chi connectivity index (χ3n) is 2.95. The minimum atomic E-state index is -0.763. The Kier molecular flexibility index (Phi) is 3.22. The molecule has 3 nitrogen and oxygen atoms in total. The summed E-state index contributed by atoms with van der Waals surface area (Å²) < 4.78 is 0. The molecule has 0 radical (unpaired) electrons. The predicted molar refractivity (Wildman–Crippen MR) is 68.2 cm³/mol. The predicted octanol–water partition coefficient (Wildman–Crippen LogP) is 2.53. The van der Waals surface area contributed by atoms with Gasteiger partial charge in [-0.25, -0.2) is 4.98 Å². The zero-order valence-corrected chi connectivity index (χ0v) is 11.1. The fourth-order valence-electron chi connectivity index (χ4n) is 2.10. The van der Waals surface area contributed by atoms with Crippen molar-refractivity contribution in [3.8, 4) is 0 Å². The van der Waals surface area contributed by atoms with Crippen molar-refractivity contribution in [2.75, 3.05) is 18.0 Å². The van der Waals surface area contributed by atoms with Crippen LogP contribution in [0.1, 0.15) is 44.2 Å². The van der Waals surface area contributed by atoms with Crippen molar-refractivity contribution >= 4 is 16.5 Å². The highest BCUT2D eigenvalue weighted by molar-refractivity contribution is 7.15. The number of hydrogen-bond donors (Lipinski definition) is 1. The smallest absolute Gasteiger partial charge is 0.185 e. The van der Waals surface area contributed by atoms with Crippen LogP contribution < -0.4 is 4.90 Å². The van der Waals surface area contributed by atoms with E-state index < -0.39 is 5.60 Å². The van der Waals surface area contributed by atoms with E-state index in [0.717, 1.165) is 35.2 Å². The molecule has 90 valence electrons. The SMILES string of the molecule is CCc1nc(N2CCCC2)sc1C(C)(C)O. The van der Waals surface area contributed by atoms with E-state index in [1.165, 1.54) is 12.8 Å². The summed E-state index contributed by atoms with van der Waals surface area (Å²) in [6.07, 6.45) is 3.42. The Hall–Kier alpha value is -0.610. The highest BCUT2D eigenvalue weighted by Crippen LogP contribution is 2.35. The summed E-state index contributed by atoms with van der Waals surface area (Å²) in [5.74, 6) is 0. The molecule has 16 heavy (non-hydrogen) atoms. The van der Waals surface area contributed by atoms with Gasteiger partial charge in [-0.2, -0.15) is 0 Å². The quantitative estimate of drug-likeness (QED) is 0.882. The van der Waals surface area contributed by atoms with E-state index in [1.807, 2.05) is 13.8 Å². The van der Waals surface area contributed by atoms with E-state index in [4.69, 9.17) is 0 Å². The third-order valence-corrected chi connectivity index (χ3v) is 4.42. The minimum Gasteiger partial charge on any atom is -0.385 e. The number of hydrogen-bond acceptors (Lipinski definition) is 4. The van der Waals surface area contributed by atoms with Crippen molar-refractivity contribution in [2.24, 2.45) is 0 Å². The molecule has 0 aromatic carbocycles. The first-order valence-electron chi connectivity index (χ1n) is 6.00. The minimum absolute atomic E-state index is 0.763. The van der Waals surface area contributed by atoms with Crippen molar-refractivity contribution in [3.63, 3.8) is 0 Å². The molecule has 1 fully saturated rings. The first-order valence-corrected chi connectivity index (χ1v) is 6.81. The van der Waals surface area contributed by atoms with Crippen LogP contribution in [-0.4, -0.2) is 23.2 Å². The molecule has 1 N–H and O–H groups in total. The second-order valence-corrected chi connectivity index (χ2v) is 5.86. The Morgan fingerprint density at radius 2 is 2.00 bits per heavy atom. The summed E-state index contributed by atoms with van der Waals surface area (Å²) in [6, 6.07) is 0. The zero-order valence-electron chi connectivity index (χ0n) is 10.3. The Morgan fingerprint density at radius 1 is 1.38 bits per heavy atom. The van der Waals surface area contributed by atoms with Gasteiger partial charge in [-0.15, -0.1) is 0 Å². The fraction of sp³-hybridized carbons (Fsp3) is 0.750. The highest BCUT2D eigenvalue weighted by atomic mass is 32.1. The van der Waals surface area contributed by atoms with Crippen LogP contribution in [0.15, 0.2) is 0 Å².